The van der Waals surface area contributed by atoms with E-state index in [0.717, 1.165) is 17.0 Å². The summed E-state index contributed by atoms with van der Waals surface area (Å²) < 4.78 is 6.88. The molecule has 0 bridgehead atoms. The number of aromatic nitrogens is 4. The van der Waals surface area contributed by atoms with Gasteiger partial charge in [-0.25, -0.2) is 4.79 Å². The Labute approximate surface area is 123 Å². The summed E-state index contributed by atoms with van der Waals surface area (Å²) in [6.07, 6.45) is 1.60. The maximum Gasteiger partial charge on any atom is 0.318 e. The predicted octanol–water partition coefficient (Wildman–Crippen LogP) is 1.32. The fourth-order valence-electron chi connectivity index (χ4n) is 2.08. The normalized spacial score (nSPS) is 12.2. The Kier molecular flexibility index (Phi) is 4.25. The second kappa shape index (κ2) is 5.94. The smallest absolute Gasteiger partial charge is 0.318 e. The maximum atomic E-state index is 12.2. The lowest BCUT2D eigenvalue weighted by Gasteiger charge is -2.20. The van der Waals surface area contributed by atoms with Crippen molar-refractivity contribution in [1.29, 1.82) is 0 Å². The largest absolute Gasteiger partial charge is 0.361 e. The number of nitrogens with zero attached hydrogens (tertiary/aromatic N) is 5. The van der Waals surface area contributed by atoms with Crippen LogP contribution in [0.2, 0.25) is 0 Å². The minimum Gasteiger partial charge on any atom is -0.361 e. The highest BCUT2D eigenvalue weighted by molar-refractivity contribution is 5.74. The van der Waals surface area contributed by atoms with E-state index in [1.807, 2.05) is 27.8 Å². The molecule has 1 N–H and O–H groups in total. The molecular formula is C13H20N6O2. The number of carbonyl (C=O) groups is 1. The molecule has 0 saturated carbocycles. The monoisotopic (exact) mass is 292 g/mol. The summed E-state index contributed by atoms with van der Waals surface area (Å²) in [5, 5.41) is 14.6. The van der Waals surface area contributed by atoms with Gasteiger partial charge in [0, 0.05) is 19.7 Å². The number of hydrogen-bond acceptors (Lipinski definition) is 5. The Balaban J connectivity index is 1.99. The van der Waals surface area contributed by atoms with Crippen LogP contribution < -0.4 is 5.32 Å². The van der Waals surface area contributed by atoms with Crippen molar-refractivity contribution in [1.82, 2.24) is 30.1 Å². The molecular weight excluding hydrogens is 272 g/mol. The van der Waals surface area contributed by atoms with Crippen LogP contribution in [0.5, 0.6) is 0 Å². The Morgan fingerprint density at radius 2 is 2.24 bits per heavy atom. The highest BCUT2D eigenvalue weighted by Crippen LogP contribution is 2.15. The first-order chi connectivity index (χ1) is 9.90. The molecule has 0 aliphatic carbocycles. The predicted molar refractivity (Wildman–Crippen MR) is 75.4 cm³/mol. The van der Waals surface area contributed by atoms with Gasteiger partial charge in [0.2, 0.25) is 0 Å². The zero-order valence-corrected chi connectivity index (χ0v) is 12.9. The van der Waals surface area contributed by atoms with Gasteiger partial charge >= 0.3 is 6.03 Å². The minimum atomic E-state index is -0.225. The van der Waals surface area contributed by atoms with E-state index in [-0.39, 0.29) is 12.1 Å². The van der Waals surface area contributed by atoms with E-state index in [4.69, 9.17) is 4.52 Å². The molecule has 2 rings (SSSR count). The first kappa shape index (κ1) is 15.0. The van der Waals surface area contributed by atoms with Crippen molar-refractivity contribution < 1.29 is 9.32 Å². The van der Waals surface area contributed by atoms with Crippen LogP contribution in [0.4, 0.5) is 4.79 Å². The second-order valence-electron chi connectivity index (χ2n) is 5.13. The van der Waals surface area contributed by atoms with Crippen molar-refractivity contribution >= 4 is 6.03 Å². The molecule has 0 aromatic carbocycles. The van der Waals surface area contributed by atoms with Gasteiger partial charge in [0.15, 0.2) is 5.82 Å². The van der Waals surface area contributed by atoms with Crippen LogP contribution >= 0.6 is 0 Å². The lowest BCUT2D eigenvalue weighted by Crippen LogP contribution is -2.39. The van der Waals surface area contributed by atoms with Gasteiger partial charge in [-0.2, -0.15) is 0 Å². The quantitative estimate of drug-likeness (QED) is 0.918. The van der Waals surface area contributed by atoms with Crippen LogP contribution in [0.1, 0.15) is 35.8 Å². The molecule has 2 aromatic rings. The maximum absolute atomic E-state index is 12.2. The number of nitrogens with one attached hydrogen (secondary N) is 1. The number of urea groups is 1. The van der Waals surface area contributed by atoms with Crippen molar-refractivity contribution in [3.8, 4) is 0 Å². The van der Waals surface area contributed by atoms with Gasteiger partial charge in [0.25, 0.3) is 0 Å². The number of hydrogen-bond donors (Lipinski definition) is 1. The standard InChI is InChI=1S/C13H20N6O2/c1-8-11(10(3)21-17-8)6-18(4)13(20)15-9(2)12-16-14-7-19(12)5/h7,9H,6H2,1-5H3,(H,15,20). The van der Waals surface area contributed by atoms with Gasteiger partial charge in [0.05, 0.1) is 18.3 Å². The first-order valence-corrected chi connectivity index (χ1v) is 6.67. The minimum absolute atomic E-state index is 0.189. The van der Waals surface area contributed by atoms with Crippen molar-refractivity contribution in [3.05, 3.63) is 29.2 Å². The number of amides is 2. The van der Waals surface area contributed by atoms with E-state index in [2.05, 4.69) is 20.7 Å². The third-order valence-corrected chi connectivity index (χ3v) is 3.40. The molecule has 8 heteroatoms. The molecule has 0 radical (unpaired) electrons. The van der Waals surface area contributed by atoms with E-state index in [9.17, 15) is 4.79 Å². The van der Waals surface area contributed by atoms with Crippen LogP contribution in [0.15, 0.2) is 10.9 Å². The molecule has 8 nitrogen and oxygen atoms in total. The van der Waals surface area contributed by atoms with Crippen molar-refractivity contribution in [2.24, 2.45) is 7.05 Å². The van der Waals surface area contributed by atoms with Crippen LogP contribution in [-0.4, -0.2) is 37.9 Å². The Morgan fingerprint density at radius 3 is 2.76 bits per heavy atom. The summed E-state index contributed by atoms with van der Waals surface area (Å²) in [6.45, 7) is 6.01. The van der Waals surface area contributed by atoms with Gasteiger partial charge in [-0.3, -0.25) is 0 Å². The zero-order valence-electron chi connectivity index (χ0n) is 12.9. The average Bonchev–Trinajstić information content (AvgIpc) is 2.99. The fourth-order valence-corrected chi connectivity index (χ4v) is 2.08. The second-order valence-corrected chi connectivity index (χ2v) is 5.13. The van der Waals surface area contributed by atoms with E-state index in [1.54, 1.807) is 22.8 Å². The molecule has 0 fully saturated rings. The number of rotatable bonds is 4. The van der Waals surface area contributed by atoms with E-state index in [0.29, 0.717) is 12.4 Å². The molecule has 0 spiro atoms. The SMILES string of the molecule is Cc1noc(C)c1CN(C)C(=O)NC(C)c1nncn1C. The summed E-state index contributed by atoms with van der Waals surface area (Å²) in [5.74, 6) is 1.43. The summed E-state index contributed by atoms with van der Waals surface area (Å²) >= 11 is 0. The van der Waals surface area contributed by atoms with Crippen molar-refractivity contribution in [2.75, 3.05) is 7.05 Å². The Bertz CT molecular complexity index is 613. The molecule has 1 atom stereocenters. The topological polar surface area (TPSA) is 89.1 Å². The van der Waals surface area contributed by atoms with E-state index >= 15 is 0 Å². The average molecular weight is 292 g/mol. The number of carbonyl (C=O) groups excluding carboxylic acids is 1. The lowest BCUT2D eigenvalue weighted by molar-refractivity contribution is 0.202. The molecule has 1 unspecified atom stereocenters. The molecule has 21 heavy (non-hydrogen) atoms. The summed E-state index contributed by atoms with van der Waals surface area (Å²) in [6, 6.07) is -0.414. The first-order valence-electron chi connectivity index (χ1n) is 6.67. The molecule has 0 saturated heterocycles. The Morgan fingerprint density at radius 1 is 1.52 bits per heavy atom. The van der Waals surface area contributed by atoms with E-state index < -0.39 is 0 Å². The summed E-state index contributed by atoms with van der Waals surface area (Å²) in [5.41, 5.74) is 1.73. The summed E-state index contributed by atoms with van der Waals surface area (Å²) in [4.78, 5) is 13.8. The van der Waals surface area contributed by atoms with Crippen LogP contribution in [0.3, 0.4) is 0 Å². The van der Waals surface area contributed by atoms with Gasteiger partial charge in [0.1, 0.15) is 12.1 Å². The van der Waals surface area contributed by atoms with Crippen LogP contribution in [-0.2, 0) is 13.6 Å². The third-order valence-electron chi connectivity index (χ3n) is 3.40. The lowest BCUT2D eigenvalue weighted by atomic mass is 10.2. The van der Waals surface area contributed by atoms with Crippen molar-refractivity contribution in [2.45, 2.75) is 33.4 Å². The van der Waals surface area contributed by atoms with Crippen LogP contribution in [0.25, 0.3) is 0 Å². The zero-order chi connectivity index (χ0) is 15.6. The highest BCUT2D eigenvalue weighted by atomic mass is 16.5. The molecule has 2 aromatic heterocycles. The molecule has 2 heterocycles. The van der Waals surface area contributed by atoms with Crippen LogP contribution in [0, 0.1) is 13.8 Å². The molecule has 0 aliphatic heterocycles. The van der Waals surface area contributed by atoms with Gasteiger partial charge in [-0.05, 0) is 20.8 Å². The van der Waals surface area contributed by atoms with Gasteiger partial charge in [-0.15, -0.1) is 10.2 Å². The summed E-state index contributed by atoms with van der Waals surface area (Å²) in [7, 11) is 3.57. The third kappa shape index (κ3) is 3.21. The molecule has 114 valence electrons. The fraction of sp³-hybridized carbons (Fsp3) is 0.538. The molecule has 2 amide bonds. The van der Waals surface area contributed by atoms with Crippen molar-refractivity contribution in [3.63, 3.8) is 0 Å². The highest BCUT2D eigenvalue weighted by Gasteiger charge is 2.19. The van der Waals surface area contributed by atoms with Gasteiger partial charge in [-0.1, -0.05) is 5.16 Å². The van der Waals surface area contributed by atoms with E-state index in [1.165, 1.54) is 0 Å². The molecule has 0 aliphatic rings. The van der Waals surface area contributed by atoms with Gasteiger partial charge < -0.3 is 19.3 Å². The number of aryl methyl sites for hydroxylation is 3. The Hall–Kier alpha value is -2.38.